The average molecular weight is 318 g/mol. The molecule has 0 fully saturated rings. The van der Waals surface area contributed by atoms with Gasteiger partial charge in [-0.2, -0.15) is 11.8 Å². The maximum atomic E-state index is 11.8. The molecule has 0 heterocycles. The molecule has 1 atom stereocenters. The van der Waals surface area contributed by atoms with Gasteiger partial charge in [-0.05, 0) is 0 Å². The SMILES string of the molecule is CC(=O)NC(CSCC(=O)C(C)(C)C)C(=O)NCC(=O)O. The minimum Gasteiger partial charge on any atom is -0.480 e. The molecule has 0 aromatic heterocycles. The van der Waals surface area contributed by atoms with Gasteiger partial charge in [0.15, 0.2) is 0 Å². The van der Waals surface area contributed by atoms with Crippen LogP contribution in [0.2, 0.25) is 0 Å². The first-order valence-corrected chi connectivity index (χ1v) is 7.57. The molecule has 0 aliphatic carbocycles. The second-order valence-corrected chi connectivity index (χ2v) is 6.58. The van der Waals surface area contributed by atoms with E-state index in [0.29, 0.717) is 0 Å². The van der Waals surface area contributed by atoms with Crippen LogP contribution in [0.5, 0.6) is 0 Å². The van der Waals surface area contributed by atoms with Crippen LogP contribution < -0.4 is 10.6 Å². The van der Waals surface area contributed by atoms with E-state index in [1.54, 1.807) is 20.8 Å². The van der Waals surface area contributed by atoms with Crippen LogP contribution in [-0.2, 0) is 19.2 Å². The third kappa shape index (κ3) is 9.06. The van der Waals surface area contributed by atoms with Gasteiger partial charge in [0.05, 0.1) is 5.75 Å². The number of amides is 2. The van der Waals surface area contributed by atoms with Crippen molar-refractivity contribution in [1.29, 1.82) is 0 Å². The van der Waals surface area contributed by atoms with Gasteiger partial charge >= 0.3 is 5.97 Å². The van der Waals surface area contributed by atoms with Crippen LogP contribution in [0, 0.1) is 5.41 Å². The summed E-state index contributed by atoms with van der Waals surface area (Å²) in [4.78, 5) is 45.0. The van der Waals surface area contributed by atoms with E-state index in [1.807, 2.05) is 0 Å². The highest BCUT2D eigenvalue weighted by atomic mass is 32.2. The lowest BCUT2D eigenvalue weighted by Crippen LogP contribution is -2.48. The minimum absolute atomic E-state index is 0.0417. The van der Waals surface area contributed by atoms with Crippen molar-refractivity contribution >= 4 is 35.3 Å². The number of thioether (sulfide) groups is 1. The number of nitrogens with one attached hydrogen (secondary N) is 2. The van der Waals surface area contributed by atoms with Crippen LogP contribution in [0.1, 0.15) is 27.7 Å². The van der Waals surface area contributed by atoms with Gasteiger partial charge in [-0.15, -0.1) is 0 Å². The molecule has 1 unspecified atom stereocenters. The van der Waals surface area contributed by atoms with E-state index in [-0.39, 0.29) is 17.3 Å². The molecule has 0 bridgehead atoms. The van der Waals surface area contributed by atoms with Gasteiger partial charge in [-0.1, -0.05) is 20.8 Å². The summed E-state index contributed by atoms with van der Waals surface area (Å²) in [6.07, 6.45) is 0. The zero-order valence-corrected chi connectivity index (χ0v) is 13.5. The lowest BCUT2D eigenvalue weighted by atomic mass is 9.92. The van der Waals surface area contributed by atoms with Crippen LogP contribution in [0.15, 0.2) is 0 Å². The van der Waals surface area contributed by atoms with Gasteiger partial charge in [-0.25, -0.2) is 0 Å². The highest BCUT2D eigenvalue weighted by Gasteiger charge is 2.23. The maximum absolute atomic E-state index is 11.8. The Balaban J connectivity index is 4.43. The Morgan fingerprint density at radius 1 is 1.19 bits per heavy atom. The molecule has 21 heavy (non-hydrogen) atoms. The van der Waals surface area contributed by atoms with Crippen molar-refractivity contribution in [3.8, 4) is 0 Å². The van der Waals surface area contributed by atoms with E-state index < -0.39 is 35.8 Å². The van der Waals surface area contributed by atoms with Gasteiger partial charge in [-0.3, -0.25) is 19.2 Å². The van der Waals surface area contributed by atoms with Crippen molar-refractivity contribution < 1.29 is 24.3 Å². The third-order valence-corrected chi connectivity index (χ3v) is 3.50. The summed E-state index contributed by atoms with van der Waals surface area (Å²) in [6.45, 7) is 6.17. The maximum Gasteiger partial charge on any atom is 0.322 e. The normalized spacial score (nSPS) is 12.4. The number of aliphatic carboxylic acids is 1. The predicted octanol–water partition coefficient (Wildman–Crippen LogP) is 0.0403. The lowest BCUT2D eigenvalue weighted by molar-refractivity contribution is -0.138. The first-order chi connectivity index (χ1) is 9.54. The van der Waals surface area contributed by atoms with Gasteiger partial charge < -0.3 is 15.7 Å². The number of carboxylic acid groups (broad SMARTS) is 1. The molecule has 7 nitrogen and oxygen atoms in total. The monoisotopic (exact) mass is 318 g/mol. The molecular weight excluding hydrogens is 296 g/mol. The fourth-order valence-electron chi connectivity index (χ4n) is 1.20. The fourth-order valence-corrected chi connectivity index (χ4v) is 2.41. The zero-order chi connectivity index (χ0) is 16.6. The number of rotatable bonds is 8. The topological polar surface area (TPSA) is 113 Å². The highest BCUT2D eigenvalue weighted by molar-refractivity contribution is 8.00. The summed E-state index contributed by atoms with van der Waals surface area (Å²) in [5.74, 6) is -1.67. The molecule has 0 saturated carbocycles. The number of hydrogen-bond acceptors (Lipinski definition) is 5. The summed E-state index contributed by atoms with van der Waals surface area (Å²) in [5.41, 5.74) is -0.456. The van der Waals surface area contributed by atoms with Crippen molar-refractivity contribution in [2.75, 3.05) is 18.1 Å². The summed E-state index contributed by atoms with van der Waals surface area (Å²) >= 11 is 1.23. The van der Waals surface area contributed by atoms with Gasteiger partial charge in [0.25, 0.3) is 0 Å². The largest absolute Gasteiger partial charge is 0.480 e. The molecule has 0 radical (unpaired) electrons. The van der Waals surface area contributed by atoms with Crippen LogP contribution >= 0.6 is 11.8 Å². The quantitative estimate of drug-likeness (QED) is 0.582. The Kier molecular flexibility index (Phi) is 8.01. The number of hydrogen-bond donors (Lipinski definition) is 3. The van der Waals surface area contributed by atoms with E-state index in [9.17, 15) is 19.2 Å². The van der Waals surface area contributed by atoms with E-state index >= 15 is 0 Å². The molecule has 8 heteroatoms. The number of carbonyl (C=O) groups excluding carboxylic acids is 3. The van der Waals surface area contributed by atoms with Crippen LogP contribution in [0.3, 0.4) is 0 Å². The second-order valence-electron chi connectivity index (χ2n) is 5.55. The third-order valence-electron chi connectivity index (χ3n) is 2.46. The first-order valence-electron chi connectivity index (χ1n) is 6.41. The molecule has 3 N–H and O–H groups in total. The van der Waals surface area contributed by atoms with Crippen molar-refractivity contribution in [3.63, 3.8) is 0 Å². The standard InChI is InChI=1S/C13H22N2O5S/c1-8(16)15-9(12(20)14-5-11(18)19)6-21-7-10(17)13(2,3)4/h9H,5-7H2,1-4H3,(H,14,20)(H,15,16)(H,18,19). The molecule has 0 aliphatic heterocycles. The Hall–Kier alpha value is -1.57. The van der Waals surface area contributed by atoms with E-state index in [2.05, 4.69) is 10.6 Å². The number of ketones is 1. The predicted molar refractivity (Wildman–Crippen MR) is 80.0 cm³/mol. The molecule has 0 aliphatic rings. The summed E-state index contributed by atoms with van der Waals surface area (Å²) in [6, 6.07) is -0.861. The van der Waals surface area contributed by atoms with Crippen molar-refractivity contribution in [2.45, 2.75) is 33.7 Å². The first kappa shape index (κ1) is 19.4. The zero-order valence-electron chi connectivity index (χ0n) is 12.7. The molecule has 0 spiro atoms. The second kappa shape index (κ2) is 8.66. The smallest absolute Gasteiger partial charge is 0.322 e. The highest BCUT2D eigenvalue weighted by Crippen LogP contribution is 2.18. The van der Waals surface area contributed by atoms with Gasteiger partial charge in [0.1, 0.15) is 18.4 Å². The number of carbonyl (C=O) groups is 4. The van der Waals surface area contributed by atoms with Crippen molar-refractivity contribution in [1.82, 2.24) is 10.6 Å². The summed E-state index contributed by atoms with van der Waals surface area (Å²) in [5, 5.41) is 13.2. The van der Waals surface area contributed by atoms with Crippen molar-refractivity contribution in [2.24, 2.45) is 5.41 Å². The Morgan fingerprint density at radius 3 is 2.19 bits per heavy atom. The van der Waals surface area contributed by atoms with Crippen LogP contribution in [0.4, 0.5) is 0 Å². The molecule has 0 saturated heterocycles. The average Bonchev–Trinajstić information content (AvgIpc) is 2.32. The van der Waals surface area contributed by atoms with Crippen LogP contribution in [0.25, 0.3) is 0 Å². The van der Waals surface area contributed by atoms with Crippen molar-refractivity contribution in [3.05, 3.63) is 0 Å². The molecule has 2 amide bonds. The Bertz CT molecular complexity index is 417. The van der Waals surface area contributed by atoms with E-state index in [1.165, 1.54) is 18.7 Å². The number of carboxylic acids is 1. The Morgan fingerprint density at radius 2 is 1.76 bits per heavy atom. The Labute approximate surface area is 128 Å². The molecule has 0 aromatic rings. The molecule has 0 rings (SSSR count). The summed E-state index contributed by atoms with van der Waals surface area (Å²) in [7, 11) is 0. The van der Waals surface area contributed by atoms with Crippen LogP contribution in [-0.4, -0.2) is 52.8 Å². The van der Waals surface area contributed by atoms with E-state index in [4.69, 9.17) is 5.11 Å². The lowest BCUT2D eigenvalue weighted by Gasteiger charge is -2.19. The fraction of sp³-hybridized carbons (Fsp3) is 0.692. The van der Waals surface area contributed by atoms with Gasteiger partial charge in [0.2, 0.25) is 11.8 Å². The molecular formula is C13H22N2O5S. The molecule has 0 aromatic carbocycles. The van der Waals surface area contributed by atoms with E-state index in [0.717, 1.165) is 0 Å². The molecule has 120 valence electrons. The minimum atomic E-state index is -1.17. The van der Waals surface area contributed by atoms with Gasteiger partial charge in [0, 0.05) is 18.1 Å². The number of Topliss-reactive ketones (excluding diaryl/α,β-unsaturated/α-hetero) is 1. The summed E-state index contributed by atoms with van der Waals surface area (Å²) < 4.78 is 0.